The van der Waals surface area contributed by atoms with E-state index in [9.17, 15) is 4.39 Å². The number of hydrogen-bond donors (Lipinski definition) is 0. The minimum atomic E-state index is -0.183. The van der Waals surface area contributed by atoms with Crippen molar-refractivity contribution in [1.82, 2.24) is 0 Å². The first-order chi connectivity index (χ1) is 10.1. The Bertz CT molecular complexity index is 811. The maximum atomic E-state index is 13.9. The molecule has 3 rings (SSSR count). The third-order valence-corrected chi connectivity index (χ3v) is 5.28. The largest absolute Gasteiger partial charge is 0.206 e. The highest BCUT2D eigenvalue weighted by Crippen LogP contribution is 2.39. The average molecular weight is 408 g/mol. The molecule has 0 amide bonds. The number of halogens is 3. The van der Waals surface area contributed by atoms with Gasteiger partial charge in [0.25, 0.3) is 0 Å². The van der Waals surface area contributed by atoms with E-state index >= 15 is 0 Å². The fourth-order valence-corrected chi connectivity index (χ4v) is 4.34. The van der Waals surface area contributed by atoms with Crippen LogP contribution in [0.2, 0.25) is 0 Å². The second kappa shape index (κ2) is 5.90. The molecule has 0 spiro atoms. The van der Waals surface area contributed by atoms with E-state index in [2.05, 4.69) is 57.0 Å². The van der Waals surface area contributed by atoms with Crippen LogP contribution < -0.4 is 0 Å². The van der Waals surface area contributed by atoms with Crippen molar-refractivity contribution in [3.8, 4) is 0 Å². The lowest BCUT2D eigenvalue weighted by molar-refractivity contribution is 0.639. The van der Waals surface area contributed by atoms with Gasteiger partial charge in [-0.3, -0.25) is 0 Å². The zero-order chi connectivity index (χ0) is 15.0. The SMILES string of the molecule is Cc1ccc(C(Br)c2ccc(F)c3ccccc23)c(Br)c1. The van der Waals surface area contributed by atoms with Crippen LogP contribution in [0.3, 0.4) is 0 Å². The van der Waals surface area contributed by atoms with Gasteiger partial charge in [0.2, 0.25) is 0 Å². The Morgan fingerprint density at radius 2 is 1.57 bits per heavy atom. The Morgan fingerprint density at radius 1 is 0.905 bits per heavy atom. The lowest BCUT2D eigenvalue weighted by atomic mass is 9.97. The first-order valence-electron chi connectivity index (χ1n) is 6.65. The predicted octanol–water partition coefficient (Wildman–Crippen LogP) is 6.53. The number of rotatable bonds is 2. The summed E-state index contributed by atoms with van der Waals surface area (Å²) in [6, 6.07) is 17.2. The molecule has 106 valence electrons. The lowest BCUT2D eigenvalue weighted by Crippen LogP contribution is -1.97. The van der Waals surface area contributed by atoms with Gasteiger partial charge in [-0.25, -0.2) is 4.39 Å². The van der Waals surface area contributed by atoms with Crippen LogP contribution in [0.15, 0.2) is 59.1 Å². The predicted molar refractivity (Wildman–Crippen MR) is 93.6 cm³/mol. The van der Waals surface area contributed by atoms with Crippen LogP contribution in [0.25, 0.3) is 10.8 Å². The van der Waals surface area contributed by atoms with E-state index in [1.807, 2.05) is 30.3 Å². The minimum absolute atomic E-state index is 0.0120. The minimum Gasteiger partial charge on any atom is -0.206 e. The molecule has 1 unspecified atom stereocenters. The third-order valence-electron chi connectivity index (χ3n) is 3.61. The maximum Gasteiger partial charge on any atom is 0.131 e. The van der Waals surface area contributed by atoms with Crippen molar-refractivity contribution >= 4 is 42.6 Å². The van der Waals surface area contributed by atoms with Crippen LogP contribution >= 0.6 is 31.9 Å². The summed E-state index contributed by atoms with van der Waals surface area (Å²) in [5.41, 5.74) is 3.41. The molecule has 0 fully saturated rings. The topological polar surface area (TPSA) is 0 Å². The van der Waals surface area contributed by atoms with Crippen molar-refractivity contribution < 1.29 is 4.39 Å². The second-order valence-corrected chi connectivity index (χ2v) is 6.84. The number of benzene rings is 3. The van der Waals surface area contributed by atoms with Gasteiger partial charge < -0.3 is 0 Å². The molecule has 3 heteroatoms. The molecule has 0 heterocycles. The van der Waals surface area contributed by atoms with Crippen molar-refractivity contribution in [1.29, 1.82) is 0 Å². The van der Waals surface area contributed by atoms with E-state index in [1.54, 1.807) is 0 Å². The Balaban J connectivity index is 2.18. The van der Waals surface area contributed by atoms with Gasteiger partial charge in [0, 0.05) is 9.86 Å². The van der Waals surface area contributed by atoms with Crippen molar-refractivity contribution in [3.05, 3.63) is 81.6 Å². The molecular weight excluding hydrogens is 395 g/mol. The Morgan fingerprint density at radius 3 is 2.29 bits per heavy atom. The van der Waals surface area contributed by atoms with Crippen LogP contribution in [0, 0.1) is 12.7 Å². The van der Waals surface area contributed by atoms with Crippen molar-refractivity contribution in [3.63, 3.8) is 0 Å². The quantitative estimate of drug-likeness (QED) is 0.423. The molecule has 0 radical (unpaired) electrons. The van der Waals surface area contributed by atoms with Gasteiger partial charge in [0.1, 0.15) is 5.82 Å². The summed E-state index contributed by atoms with van der Waals surface area (Å²) < 4.78 is 15.0. The van der Waals surface area contributed by atoms with E-state index in [-0.39, 0.29) is 10.6 Å². The zero-order valence-electron chi connectivity index (χ0n) is 11.4. The smallest absolute Gasteiger partial charge is 0.131 e. The molecule has 0 aromatic heterocycles. The molecule has 0 aliphatic carbocycles. The van der Waals surface area contributed by atoms with Crippen LogP contribution in [0.5, 0.6) is 0 Å². The molecule has 0 N–H and O–H groups in total. The van der Waals surface area contributed by atoms with Gasteiger partial charge in [0.05, 0.1) is 4.83 Å². The Hall–Kier alpha value is -1.19. The summed E-state index contributed by atoms with van der Waals surface area (Å²) in [4.78, 5) is 0.0120. The molecule has 0 aliphatic heterocycles. The fourth-order valence-electron chi connectivity index (χ4n) is 2.51. The zero-order valence-corrected chi connectivity index (χ0v) is 14.6. The van der Waals surface area contributed by atoms with Crippen molar-refractivity contribution in [2.75, 3.05) is 0 Å². The molecule has 1 atom stereocenters. The van der Waals surface area contributed by atoms with Gasteiger partial charge >= 0.3 is 0 Å². The molecule has 0 bridgehead atoms. The van der Waals surface area contributed by atoms with Crippen LogP contribution in [0.1, 0.15) is 21.5 Å². The standard InChI is InChI=1S/C18H13Br2F/c1-11-6-7-15(16(19)10-11)18(20)14-8-9-17(21)13-5-3-2-4-12(13)14/h2-10,18H,1H3. The summed E-state index contributed by atoms with van der Waals surface area (Å²) in [5, 5.41) is 1.59. The van der Waals surface area contributed by atoms with Gasteiger partial charge in [-0.1, -0.05) is 74.3 Å². The normalized spacial score (nSPS) is 12.6. The highest BCUT2D eigenvalue weighted by molar-refractivity contribution is 9.11. The summed E-state index contributed by atoms with van der Waals surface area (Å²) >= 11 is 7.38. The summed E-state index contributed by atoms with van der Waals surface area (Å²) in [6.45, 7) is 2.06. The fraction of sp³-hybridized carbons (Fsp3) is 0.111. The summed E-state index contributed by atoms with van der Waals surface area (Å²) in [6.07, 6.45) is 0. The van der Waals surface area contributed by atoms with Gasteiger partial charge in [-0.2, -0.15) is 0 Å². The van der Waals surface area contributed by atoms with Gasteiger partial charge in [-0.15, -0.1) is 0 Å². The summed E-state index contributed by atoms with van der Waals surface area (Å²) in [5.74, 6) is -0.183. The van der Waals surface area contributed by atoms with Crippen LogP contribution in [-0.2, 0) is 0 Å². The monoisotopic (exact) mass is 406 g/mol. The van der Waals surface area contributed by atoms with Crippen LogP contribution in [0.4, 0.5) is 4.39 Å². The molecule has 3 aromatic carbocycles. The number of fused-ring (bicyclic) bond motifs is 1. The number of alkyl halides is 1. The second-order valence-electron chi connectivity index (χ2n) is 5.07. The van der Waals surface area contributed by atoms with Gasteiger partial charge in [0.15, 0.2) is 0 Å². The van der Waals surface area contributed by atoms with E-state index in [0.717, 1.165) is 21.0 Å². The molecule has 21 heavy (non-hydrogen) atoms. The average Bonchev–Trinajstić information content (AvgIpc) is 2.47. The Labute approximate surface area is 140 Å². The Kier molecular flexibility index (Phi) is 4.14. The highest BCUT2D eigenvalue weighted by atomic mass is 79.9. The van der Waals surface area contributed by atoms with Crippen molar-refractivity contribution in [2.24, 2.45) is 0 Å². The van der Waals surface area contributed by atoms with Crippen molar-refractivity contribution in [2.45, 2.75) is 11.8 Å². The third kappa shape index (κ3) is 2.77. The molecular formula is C18H13Br2F. The molecule has 0 saturated heterocycles. The first-order valence-corrected chi connectivity index (χ1v) is 8.36. The van der Waals surface area contributed by atoms with E-state index in [4.69, 9.17) is 0 Å². The summed E-state index contributed by atoms with van der Waals surface area (Å²) in [7, 11) is 0. The maximum absolute atomic E-state index is 13.9. The molecule has 0 saturated carbocycles. The number of aryl methyl sites for hydroxylation is 1. The highest BCUT2D eigenvalue weighted by Gasteiger charge is 2.17. The molecule has 0 nitrogen and oxygen atoms in total. The van der Waals surface area contributed by atoms with Crippen LogP contribution in [-0.4, -0.2) is 0 Å². The van der Waals surface area contributed by atoms with Gasteiger partial charge in [-0.05, 0) is 41.1 Å². The van der Waals surface area contributed by atoms with E-state index < -0.39 is 0 Å². The first kappa shape index (κ1) is 14.7. The molecule has 0 aliphatic rings. The number of hydrogen-bond acceptors (Lipinski definition) is 0. The van der Waals surface area contributed by atoms with E-state index in [0.29, 0.717) is 5.39 Å². The molecule has 3 aromatic rings. The van der Waals surface area contributed by atoms with E-state index in [1.165, 1.54) is 11.6 Å². The lowest BCUT2D eigenvalue weighted by Gasteiger charge is -2.16.